The van der Waals surface area contributed by atoms with Gasteiger partial charge in [-0.3, -0.25) is 0 Å². The number of rotatable bonds is 4. The van der Waals surface area contributed by atoms with Crippen molar-refractivity contribution in [1.82, 2.24) is 0 Å². The van der Waals surface area contributed by atoms with E-state index in [-0.39, 0.29) is 17.4 Å². The van der Waals surface area contributed by atoms with Crippen LogP contribution in [0.1, 0.15) is 24.0 Å². The van der Waals surface area contributed by atoms with E-state index >= 15 is 0 Å². The Balaban J connectivity index is 1.77. The van der Waals surface area contributed by atoms with Gasteiger partial charge in [-0.25, -0.2) is 4.39 Å². The van der Waals surface area contributed by atoms with Gasteiger partial charge in [0.2, 0.25) is 0 Å². The number of halogens is 1. The predicted octanol–water partition coefficient (Wildman–Crippen LogP) is 3.80. The fourth-order valence-electron chi connectivity index (χ4n) is 2.13. The maximum Gasteiger partial charge on any atom is 0.169 e. The fraction of sp³-hybridized carbons (Fsp3) is 0.200. The van der Waals surface area contributed by atoms with Crippen molar-refractivity contribution in [3.8, 4) is 0 Å². The van der Waals surface area contributed by atoms with Gasteiger partial charge in [-0.2, -0.15) is 0 Å². The summed E-state index contributed by atoms with van der Waals surface area (Å²) in [7, 11) is 0. The van der Waals surface area contributed by atoms with Crippen LogP contribution >= 0.6 is 0 Å². The molecule has 0 aliphatic rings. The van der Waals surface area contributed by atoms with E-state index in [1.165, 1.54) is 6.07 Å². The van der Waals surface area contributed by atoms with Gasteiger partial charge < -0.3 is 14.6 Å². The molecule has 2 heterocycles. The molecule has 0 aliphatic heterocycles. The van der Waals surface area contributed by atoms with Gasteiger partial charge in [-0.05, 0) is 30.7 Å². The number of fused-ring (bicyclic) bond motifs is 1. The van der Waals surface area contributed by atoms with Crippen molar-refractivity contribution >= 4 is 11.0 Å². The third kappa shape index (κ3) is 2.39. The molecule has 0 fully saturated rings. The summed E-state index contributed by atoms with van der Waals surface area (Å²) in [6, 6.07) is 10.1. The first-order valence-corrected chi connectivity index (χ1v) is 6.20. The molecule has 0 spiro atoms. The summed E-state index contributed by atoms with van der Waals surface area (Å²) < 4.78 is 24.3. The Morgan fingerprint density at radius 3 is 2.84 bits per heavy atom. The van der Waals surface area contributed by atoms with Crippen molar-refractivity contribution in [2.24, 2.45) is 5.73 Å². The Labute approximate surface area is 109 Å². The van der Waals surface area contributed by atoms with Crippen LogP contribution in [0.5, 0.6) is 0 Å². The van der Waals surface area contributed by atoms with Crippen LogP contribution in [-0.4, -0.2) is 0 Å². The Hall–Kier alpha value is -2.07. The summed E-state index contributed by atoms with van der Waals surface area (Å²) in [6.45, 7) is 0. The largest absolute Gasteiger partial charge is 0.469 e. The molecule has 0 bridgehead atoms. The molecule has 3 aromatic rings. The highest BCUT2D eigenvalue weighted by atomic mass is 19.1. The number of benzene rings is 1. The van der Waals surface area contributed by atoms with Crippen molar-refractivity contribution in [1.29, 1.82) is 0 Å². The maximum absolute atomic E-state index is 13.5. The minimum atomic E-state index is -0.359. The third-order valence-corrected chi connectivity index (χ3v) is 3.16. The Morgan fingerprint density at radius 2 is 2.11 bits per heavy atom. The molecule has 0 saturated carbocycles. The average Bonchev–Trinajstić information content (AvgIpc) is 3.05. The molecule has 2 aromatic heterocycles. The lowest BCUT2D eigenvalue weighted by atomic mass is 10.1. The van der Waals surface area contributed by atoms with Crippen molar-refractivity contribution in [3.05, 3.63) is 60.0 Å². The van der Waals surface area contributed by atoms with E-state index in [0.717, 1.165) is 17.6 Å². The lowest BCUT2D eigenvalue weighted by molar-refractivity contribution is 0.443. The maximum atomic E-state index is 13.5. The zero-order valence-corrected chi connectivity index (χ0v) is 10.3. The van der Waals surface area contributed by atoms with Crippen molar-refractivity contribution < 1.29 is 13.2 Å². The summed E-state index contributed by atoms with van der Waals surface area (Å²) in [4.78, 5) is 0. The lowest BCUT2D eigenvalue weighted by Gasteiger charge is -2.06. The summed E-state index contributed by atoms with van der Waals surface area (Å²) in [5, 5.41) is 0.739. The number of para-hydroxylation sites is 1. The Bertz CT molecular complexity index is 673. The molecule has 3 nitrogen and oxygen atoms in total. The van der Waals surface area contributed by atoms with Gasteiger partial charge in [0.1, 0.15) is 11.5 Å². The van der Waals surface area contributed by atoms with E-state index in [9.17, 15) is 4.39 Å². The van der Waals surface area contributed by atoms with E-state index in [0.29, 0.717) is 12.2 Å². The van der Waals surface area contributed by atoms with E-state index in [1.54, 1.807) is 18.4 Å². The average molecular weight is 259 g/mol. The van der Waals surface area contributed by atoms with Crippen molar-refractivity contribution in [2.45, 2.75) is 18.9 Å². The number of hydrogen-bond donors (Lipinski definition) is 1. The zero-order valence-electron chi connectivity index (χ0n) is 10.3. The second kappa shape index (κ2) is 4.90. The topological polar surface area (TPSA) is 52.3 Å². The first-order valence-electron chi connectivity index (χ1n) is 6.20. The normalized spacial score (nSPS) is 12.9. The van der Waals surface area contributed by atoms with Crippen LogP contribution < -0.4 is 5.73 Å². The first-order chi connectivity index (χ1) is 9.24. The zero-order chi connectivity index (χ0) is 13.2. The Morgan fingerprint density at radius 1 is 1.21 bits per heavy atom. The van der Waals surface area contributed by atoms with E-state index in [1.807, 2.05) is 18.2 Å². The van der Waals surface area contributed by atoms with Crippen LogP contribution in [-0.2, 0) is 6.42 Å². The molecular formula is C15H14FNO2. The highest BCUT2D eigenvalue weighted by Gasteiger charge is 2.14. The fourth-order valence-corrected chi connectivity index (χ4v) is 2.13. The van der Waals surface area contributed by atoms with Gasteiger partial charge >= 0.3 is 0 Å². The molecule has 0 amide bonds. The molecule has 2 N–H and O–H groups in total. The minimum absolute atomic E-state index is 0.267. The molecule has 0 radical (unpaired) electrons. The quantitative estimate of drug-likeness (QED) is 0.775. The molecule has 1 aromatic carbocycles. The van der Waals surface area contributed by atoms with Gasteiger partial charge in [0.15, 0.2) is 11.4 Å². The van der Waals surface area contributed by atoms with E-state index in [4.69, 9.17) is 14.6 Å². The second-order valence-electron chi connectivity index (χ2n) is 4.53. The molecule has 3 rings (SSSR count). The molecule has 98 valence electrons. The second-order valence-corrected chi connectivity index (χ2v) is 4.53. The minimum Gasteiger partial charge on any atom is -0.469 e. The number of aryl methyl sites for hydroxylation is 1. The molecule has 0 aliphatic carbocycles. The number of furan rings is 2. The van der Waals surface area contributed by atoms with Gasteiger partial charge in [0.25, 0.3) is 0 Å². The summed E-state index contributed by atoms with van der Waals surface area (Å²) in [6.07, 6.45) is 3.06. The van der Waals surface area contributed by atoms with Gasteiger partial charge in [0, 0.05) is 11.8 Å². The standard InChI is InChI=1S/C15H14FNO2/c16-12-5-1-3-10-9-14(19-15(10)12)13(17)7-6-11-4-2-8-18-11/h1-5,8-9,13H,6-7,17H2. The number of hydrogen-bond acceptors (Lipinski definition) is 3. The summed E-state index contributed by atoms with van der Waals surface area (Å²) in [5.41, 5.74) is 6.34. The Kier molecular flexibility index (Phi) is 3.09. The monoisotopic (exact) mass is 259 g/mol. The number of nitrogens with two attached hydrogens (primary N) is 1. The molecule has 1 atom stereocenters. The van der Waals surface area contributed by atoms with E-state index in [2.05, 4.69) is 0 Å². The smallest absolute Gasteiger partial charge is 0.169 e. The molecular weight excluding hydrogens is 245 g/mol. The molecule has 4 heteroatoms. The third-order valence-electron chi connectivity index (χ3n) is 3.16. The van der Waals surface area contributed by atoms with Gasteiger partial charge in [0.05, 0.1) is 12.3 Å². The molecule has 19 heavy (non-hydrogen) atoms. The first kappa shape index (κ1) is 12.0. The van der Waals surface area contributed by atoms with Crippen LogP contribution in [0.4, 0.5) is 4.39 Å². The van der Waals surface area contributed by atoms with Crippen LogP contribution in [0.3, 0.4) is 0 Å². The van der Waals surface area contributed by atoms with Crippen LogP contribution in [0.15, 0.2) is 51.5 Å². The van der Waals surface area contributed by atoms with Gasteiger partial charge in [-0.1, -0.05) is 12.1 Å². The summed E-state index contributed by atoms with van der Waals surface area (Å²) >= 11 is 0. The van der Waals surface area contributed by atoms with Crippen LogP contribution in [0, 0.1) is 5.82 Å². The van der Waals surface area contributed by atoms with Crippen molar-refractivity contribution in [2.75, 3.05) is 0 Å². The van der Waals surface area contributed by atoms with Crippen LogP contribution in [0.25, 0.3) is 11.0 Å². The van der Waals surface area contributed by atoms with Crippen LogP contribution in [0.2, 0.25) is 0 Å². The molecule has 1 unspecified atom stereocenters. The predicted molar refractivity (Wildman–Crippen MR) is 70.1 cm³/mol. The highest BCUT2D eigenvalue weighted by molar-refractivity contribution is 5.78. The van der Waals surface area contributed by atoms with Crippen molar-refractivity contribution in [3.63, 3.8) is 0 Å². The van der Waals surface area contributed by atoms with E-state index < -0.39 is 0 Å². The lowest BCUT2D eigenvalue weighted by Crippen LogP contribution is -2.10. The van der Waals surface area contributed by atoms with Gasteiger partial charge in [-0.15, -0.1) is 0 Å². The summed E-state index contributed by atoms with van der Waals surface area (Å²) in [5.74, 6) is 1.13. The highest BCUT2D eigenvalue weighted by Crippen LogP contribution is 2.27. The SMILES string of the molecule is NC(CCc1ccco1)c1cc2cccc(F)c2o1. The molecule has 0 saturated heterocycles.